The van der Waals surface area contributed by atoms with Crippen LogP contribution in [0.25, 0.3) is 0 Å². The van der Waals surface area contributed by atoms with Crippen molar-refractivity contribution in [3.05, 3.63) is 58.1 Å². The van der Waals surface area contributed by atoms with Crippen molar-refractivity contribution in [3.63, 3.8) is 0 Å². The molecule has 0 aliphatic carbocycles. The summed E-state index contributed by atoms with van der Waals surface area (Å²) in [6.45, 7) is 3.28. The van der Waals surface area contributed by atoms with E-state index in [9.17, 15) is 9.59 Å². The Hall–Kier alpha value is -2.04. The average molecular weight is 351 g/mol. The summed E-state index contributed by atoms with van der Waals surface area (Å²) in [5.74, 6) is -0.549. The van der Waals surface area contributed by atoms with Crippen LogP contribution >= 0.6 is 23.2 Å². The summed E-state index contributed by atoms with van der Waals surface area (Å²) >= 11 is 11.8. The second-order valence-electron chi connectivity index (χ2n) is 5.15. The molecule has 0 aliphatic heterocycles. The lowest BCUT2D eigenvalue weighted by molar-refractivity contribution is -0.120. The number of carbonyl (C=O) groups is 2. The standard InChI is InChI=1S/C17H16Cl2N2O2/c1-11-3-5-16(6-4-11)21(12(2)22)10-17(23)20-15-8-13(18)7-14(19)9-15/h3-9H,10H2,1-2H3,(H,20,23). The molecule has 0 spiro atoms. The van der Waals surface area contributed by atoms with Crippen molar-refractivity contribution in [1.82, 2.24) is 0 Å². The number of hydrogen-bond acceptors (Lipinski definition) is 2. The van der Waals surface area contributed by atoms with Gasteiger partial charge in [0.05, 0.1) is 0 Å². The lowest BCUT2D eigenvalue weighted by Crippen LogP contribution is -2.36. The molecule has 2 rings (SSSR count). The molecule has 0 atom stereocenters. The number of benzene rings is 2. The minimum absolute atomic E-state index is 0.0947. The molecule has 2 amide bonds. The maximum Gasteiger partial charge on any atom is 0.244 e. The fourth-order valence-electron chi connectivity index (χ4n) is 2.08. The normalized spacial score (nSPS) is 10.3. The number of aryl methyl sites for hydroxylation is 1. The second-order valence-corrected chi connectivity index (χ2v) is 6.02. The summed E-state index contributed by atoms with van der Waals surface area (Å²) in [5, 5.41) is 3.54. The van der Waals surface area contributed by atoms with E-state index in [-0.39, 0.29) is 18.4 Å². The van der Waals surface area contributed by atoms with Crippen molar-refractivity contribution in [1.29, 1.82) is 0 Å². The molecule has 2 aromatic rings. The topological polar surface area (TPSA) is 49.4 Å². The maximum atomic E-state index is 12.2. The van der Waals surface area contributed by atoms with Gasteiger partial charge in [0.1, 0.15) is 6.54 Å². The lowest BCUT2D eigenvalue weighted by atomic mass is 10.2. The number of amides is 2. The minimum Gasteiger partial charge on any atom is -0.324 e. The molecular weight excluding hydrogens is 335 g/mol. The summed E-state index contributed by atoms with van der Waals surface area (Å²) in [4.78, 5) is 25.4. The van der Waals surface area contributed by atoms with Crippen LogP contribution in [-0.4, -0.2) is 18.4 Å². The van der Waals surface area contributed by atoms with Crippen LogP contribution in [0.4, 0.5) is 11.4 Å². The van der Waals surface area contributed by atoms with Gasteiger partial charge in [0.15, 0.2) is 0 Å². The van der Waals surface area contributed by atoms with E-state index in [1.54, 1.807) is 30.3 Å². The van der Waals surface area contributed by atoms with Crippen LogP contribution in [0.3, 0.4) is 0 Å². The molecule has 0 aliphatic rings. The van der Waals surface area contributed by atoms with Gasteiger partial charge in [0.25, 0.3) is 0 Å². The Morgan fingerprint density at radius 2 is 1.61 bits per heavy atom. The largest absolute Gasteiger partial charge is 0.324 e. The Balaban J connectivity index is 2.12. The first-order chi connectivity index (χ1) is 10.8. The first-order valence-corrected chi connectivity index (χ1v) is 7.71. The zero-order chi connectivity index (χ0) is 17.0. The van der Waals surface area contributed by atoms with Crippen LogP contribution in [0.1, 0.15) is 12.5 Å². The third-order valence-corrected chi connectivity index (χ3v) is 3.61. The van der Waals surface area contributed by atoms with Gasteiger partial charge in [-0.3, -0.25) is 9.59 Å². The monoisotopic (exact) mass is 350 g/mol. The molecule has 0 aromatic heterocycles. The summed E-state index contributed by atoms with van der Waals surface area (Å²) < 4.78 is 0. The first-order valence-electron chi connectivity index (χ1n) is 6.96. The van der Waals surface area contributed by atoms with E-state index >= 15 is 0 Å². The smallest absolute Gasteiger partial charge is 0.244 e. The van der Waals surface area contributed by atoms with Crippen LogP contribution in [-0.2, 0) is 9.59 Å². The highest BCUT2D eigenvalue weighted by Gasteiger charge is 2.16. The van der Waals surface area contributed by atoms with E-state index in [4.69, 9.17) is 23.2 Å². The number of rotatable bonds is 4. The molecule has 0 unspecified atom stereocenters. The van der Waals surface area contributed by atoms with Crippen molar-refractivity contribution in [2.75, 3.05) is 16.8 Å². The highest BCUT2D eigenvalue weighted by molar-refractivity contribution is 6.35. The minimum atomic E-state index is -0.334. The number of hydrogen-bond donors (Lipinski definition) is 1. The van der Waals surface area contributed by atoms with Crippen molar-refractivity contribution in [3.8, 4) is 0 Å². The zero-order valence-corrected chi connectivity index (χ0v) is 14.3. The van der Waals surface area contributed by atoms with Crippen LogP contribution in [0.2, 0.25) is 10.0 Å². The van der Waals surface area contributed by atoms with E-state index < -0.39 is 0 Å². The fourth-order valence-corrected chi connectivity index (χ4v) is 2.61. The van der Waals surface area contributed by atoms with Crippen molar-refractivity contribution < 1.29 is 9.59 Å². The van der Waals surface area contributed by atoms with Gasteiger partial charge >= 0.3 is 0 Å². The average Bonchev–Trinajstić information content (AvgIpc) is 2.44. The Morgan fingerprint density at radius 1 is 1.04 bits per heavy atom. The number of carbonyl (C=O) groups excluding carboxylic acids is 2. The first kappa shape index (κ1) is 17.3. The maximum absolute atomic E-state index is 12.2. The molecular formula is C17H16Cl2N2O2. The van der Waals surface area contributed by atoms with Crippen LogP contribution < -0.4 is 10.2 Å². The predicted octanol–water partition coefficient (Wildman–Crippen LogP) is 4.29. The van der Waals surface area contributed by atoms with Gasteiger partial charge < -0.3 is 10.2 Å². The second kappa shape index (κ2) is 7.49. The Kier molecular flexibility index (Phi) is 5.64. The Bertz CT molecular complexity index is 710. The zero-order valence-electron chi connectivity index (χ0n) is 12.8. The molecule has 23 heavy (non-hydrogen) atoms. The van der Waals surface area contributed by atoms with Gasteiger partial charge in [-0.2, -0.15) is 0 Å². The molecule has 1 N–H and O–H groups in total. The van der Waals surface area contributed by atoms with Crippen LogP contribution in [0.5, 0.6) is 0 Å². The van der Waals surface area contributed by atoms with E-state index in [0.29, 0.717) is 21.4 Å². The van der Waals surface area contributed by atoms with Gasteiger partial charge in [-0.15, -0.1) is 0 Å². The molecule has 4 nitrogen and oxygen atoms in total. The van der Waals surface area contributed by atoms with E-state index in [1.165, 1.54) is 11.8 Å². The number of halogens is 2. The van der Waals surface area contributed by atoms with Gasteiger partial charge in [-0.25, -0.2) is 0 Å². The van der Waals surface area contributed by atoms with Crippen molar-refractivity contribution >= 4 is 46.4 Å². The molecule has 2 aromatic carbocycles. The summed E-state index contributed by atoms with van der Waals surface area (Å²) in [6, 6.07) is 12.2. The SMILES string of the molecule is CC(=O)N(CC(=O)Nc1cc(Cl)cc(Cl)c1)c1ccc(C)cc1. The number of nitrogens with zero attached hydrogens (tertiary/aromatic N) is 1. The van der Waals surface area contributed by atoms with E-state index in [1.807, 2.05) is 19.1 Å². The number of nitrogens with one attached hydrogen (secondary N) is 1. The summed E-state index contributed by atoms with van der Waals surface area (Å²) in [6.07, 6.45) is 0. The van der Waals surface area contributed by atoms with Gasteiger partial charge in [-0.05, 0) is 37.3 Å². The van der Waals surface area contributed by atoms with Crippen molar-refractivity contribution in [2.45, 2.75) is 13.8 Å². The third kappa shape index (κ3) is 4.98. The van der Waals surface area contributed by atoms with E-state index in [2.05, 4.69) is 5.32 Å². The molecule has 0 radical (unpaired) electrons. The summed E-state index contributed by atoms with van der Waals surface area (Å²) in [5.41, 5.74) is 2.23. The highest BCUT2D eigenvalue weighted by Crippen LogP contribution is 2.22. The van der Waals surface area contributed by atoms with Crippen LogP contribution in [0, 0.1) is 6.92 Å². The van der Waals surface area contributed by atoms with Gasteiger partial charge in [0.2, 0.25) is 11.8 Å². The Labute approximate surface area is 145 Å². The molecule has 0 saturated carbocycles. The molecule has 6 heteroatoms. The van der Waals surface area contributed by atoms with Crippen LogP contribution in [0.15, 0.2) is 42.5 Å². The molecule has 0 heterocycles. The quantitative estimate of drug-likeness (QED) is 0.893. The molecule has 0 bridgehead atoms. The highest BCUT2D eigenvalue weighted by atomic mass is 35.5. The third-order valence-electron chi connectivity index (χ3n) is 3.17. The number of anilines is 2. The van der Waals surface area contributed by atoms with E-state index in [0.717, 1.165) is 5.56 Å². The molecule has 0 saturated heterocycles. The van der Waals surface area contributed by atoms with Crippen molar-refractivity contribution in [2.24, 2.45) is 0 Å². The van der Waals surface area contributed by atoms with Gasteiger partial charge in [-0.1, -0.05) is 40.9 Å². The Morgan fingerprint density at radius 3 is 2.13 bits per heavy atom. The predicted molar refractivity (Wildman–Crippen MR) is 94.3 cm³/mol. The lowest BCUT2D eigenvalue weighted by Gasteiger charge is -2.21. The fraction of sp³-hybridized carbons (Fsp3) is 0.176. The summed E-state index contributed by atoms with van der Waals surface area (Å²) in [7, 11) is 0. The molecule has 0 fully saturated rings. The van der Waals surface area contributed by atoms with Gasteiger partial charge in [0, 0.05) is 28.3 Å². The molecule has 120 valence electrons.